The first kappa shape index (κ1) is 17.0. The molecule has 3 saturated heterocycles. The number of rotatable bonds is 3. The van der Waals surface area contributed by atoms with E-state index in [9.17, 15) is 5.11 Å². The molecular weight excluding hydrogens is 328 g/mol. The molecule has 0 aromatic heterocycles. The smallest absolute Gasteiger partial charge is 0.188 e. The van der Waals surface area contributed by atoms with Gasteiger partial charge >= 0.3 is 0 Å². The zero-order valence-corrected chi connectivity index (χ0v) is 15.6. The van der Waals surface area contributed by atoms with Gasteiger partial charge in [-0.3, -0.25) is 4.90 Å². The molecule has 0 amide bonds. The normalized spacial score (nSPS) is 41.5. The maximum Gasteiger partial charge on any atom is 0.188 e. The van der Waals surface area contributed by atoms with Crippen molar-refractivity contribution in [2.75, 3.05) is 38.2 Å². The molecule has 4 heterocycles. The van der Waals surface area contributed by atoms with Crippen LogP contribution in [-0.2, 0) is 15.1 Å². The number of piperidine rings is 2. The molecule has 1 aromatic carbocycles. The van der Waals surface area contributed by atoms with Crippen LogP contribution in [0, 0.1) is 11.8 Å². The van der Waals surface area contributed by atoms with Crippen LogP contribution in [-0.4, -0.2) is 54.7 Å². The Kier molecular flexibility index (Phi) is 4.05. The quantitative estimate of drug-likeness (QED) is 0.870. The van der Waals surface area contributed by atoms with Crippen LogP contribution in [0.25, 0.3) is 0 Å². The molecule has 5 rings (SSSR count). The Bertz CT molecular complexity index is 683. The van der Waals surface area contributed by atoms with Gasteiger partial charge in [-0.15, -0.1) is 0 Å². The second-order valence-corrected chi connectivity index (χ2v) is 8.37. The average molecular weight is 358 g/mol. The SMILES string of the molecule is CC[C@H]1CN2CC[C@]34OCCO[C@]3(Nc3ccccc34)[C@@H]2C[C@@H]1CCO. The highest BCUT2D eigenvalue weighted by Crippen LogP contribution is 2.59. The highest BCUT2D eigenvalue weighted by Gasteiger charge is 2.69. The molecule has 0 unspecified atom stereocenters. The van der Waals surface area contributed by atoms with Crippen LogP contribution in [0.2, 0.25) is 0 Å². The van der Waals surface area contributed by atoms with Gasteiger partial charge in [-0.05, 0) is 37.2 Å². The molecule has 5 heteroatoms. The molecule has 2 N–H and O–H groups in total. The number of para-hydroxylation sites is 1. The number of nitrogens with zero attached hydrogens (tertiary/aromatic N) is 1. The summed E-state index contributed by atoms with van der Waals surface area (Å²) in [7, 11) is 0. The number of aliphatic hydroxyl groups excluding tert-OH is 1. The number of aliphatic hydroxyl groups is 1. The highest BCUT2D eigenvalue weighted by molar-refractivity contribution is 5.64. The summed E-state index contributed by atoms with van der Waals surface area (Å²) in [6.45, 7) is 6.00. The Labute approximate surface area is 155 Å². The Hall–Kier alpha value is -1.14. The predicted octanol–water partition coefficient (Wildman–Crippen LogP) is 2.55. The molecule has 3 fully saturated rings. The van der Waals surface area contributed by atoms with Gasteiger partial charge in [-0.1, -0.05) is 31.5 Å². The molecule has 0 radical (unpaired) electrons. The zero-order valence-electron chi connectivity index (χ0n) is 15.6. The fraction of sp³-hybridized carbons (Fsp3) is 0.714. The fourth-order valence-corrected chi connectivity index (χ4v) is 6.20. The van der Waals surface area contributed by atoms with Crippen molar-refractivity contribution in [2.24, 2.45) is 11.8 Å². The lowest BCUT2D eigenvalue weighted by atomic mass is 9.68. The monoisotopic (exact) mass is 358 g/mol. The third-order valence-corrected chi connectivity index (χ3v) is 7.39. The first-order valence-corrected chi connectivity index (χ1v) is 10.2. The summed E-state index contributed by atoms with van der Waals surface area (Å²) < 4.78 is 13.1. The van der Waals surface area contributed by atoms with E-state index in [4.69, 9.17) is 9.47 Å². The second-order valence-electron chi connectivity index (χ2n) is 8.37. The van der Waals surface area contributed by atoms with E-state index in [1.807, 2.05) is 0 Å². The summed E-state index contributed by atoms with van der Waals surface area (Å²) in [5.41, 5.74) is 1.54. The first-order chi connectivity index (χ1) is 12.7. The van der Waals surface area contributed by atoms with E-state index in [1.165, 1.54) is 12.0 Å². The Morgan fingerprint density at radius 3 is 2.92 bits per heavy atom. The summed E-state index contributed by atoms with van der Waals surface area (Å²) in [6, 6.07) is 8.84. The molecule has 142 valence electrons. The zero-order chi connectivity index (χ0) is 17.8. The van der Waals surface area contributed by atoms with E-state index < -0.39 is 5.72 Å². The van der Waals surface area contributed by atoms with Crippen molar-refractivity contribution in [1.29, 1.82) is 0 Å². The number of fused-ring (bicyclic) bond motifs is 2. The van der Waals surface area contributed by atoms with E-state index in [-0.39, 0.29) is 18.2 Å². The molecule has 0 aliphatic carbocycles. The molecule has 4 aliphatic heterocycles. The van der Waals surface area contributed by atoms with Crippen molar-refractivity contribution in [3.63, 3.8) is 0 Å². The average Bonchev–Trinajstić information content (AvgIpc) is 2.99. The number of nitrogens with one attached hydrogen (secondary N) is 1. The largest absolute Gasteiger partial charge is 0.396 e. The molecule has 0 bridgehead atoms. The van der Waals surface area contributed by atoms with Gasteiger partial charge in [-0.25, -0.2) is 0 Å². The molecule has 1 aromatic rings. The first-order valence-electron chi connectivity index (χ1n) is 10.2. The third-order valence-electron chi connectivity index (χ3n) is 7.39. The summed E-state index contributed by atoms with van der Waals surface area (Å²) in [5.74, 6) is 1.21. The Balaban J connectivity index is 1.57. The van der Waals surface area contributed by atoms with Crippen LogP contribution in [0.15, 0.2) is 24.3 Å². The van der Waals surface area contributed by atoms with E-state index in [1.54, 1.807) is 0 Å². The lowest BCUT2D eigenvalue weighted by Crippen LogP contribution is -2.75. The van der Waals surface area contributed by atoms with E-state index in [0.29, 0.717) is 25.0 Å². The number of anilines is 1. The van der Waals surface area contributed by atoms with Crippen molar-refractivity contribution in [3.8, 4) is 0 Å². The maximum atomic E-state index is 9.60. The van der Waals surface area contributed by atoms with Crippen molar-refractivity contribution >= 4 is 5.69 Å². The maximum absolute atomic E-state index is 9.60. The van der Waals surface area contributed by atoms with Crippen LogP contribution in [0.3, 0.4) is 0 Å². The molecular formula is C21H30N2O3. The Morgan fingerprint density at radius 1 is 1.23 bits per heavy atom. The molecule has 0 spiro atoms. The summed E-state index contributed by atoms with van der Waals surface area (Å²) in [6.07, 6.45) is 4.09. The van der Waals surface area contributed by atoms with Crippen LogP contribution in [0.1, 0.15) is 38.2 Å². The third kappa shape index (κ3) is 2.12. The van der Waals surface area contributed by atoms with Gasteiger partial charge in [0.1, 0.15) is 5.60 Å². The van der Waals surface area contributed by atoms with Gasteiger partial charge in [0, 0.05) is 30.9 Å². The number of ether oxygens (including phenoxy) is 2. The van der Waals surface area contributed by atoms with Gasteiger partial charge < -0.3 is 19.9 Å². The van der Waals surface area contributed by atoms with Gasteiger partial charge in [0.15, 0.2) is 5.72 Å². The van der Waals surface area contributed by atoms with Gasteiger partial charge in [0.25, 0.3) is 0 Å². The number of benzene rings is 1. The predicted molar refractivity (Wildman–Crippen MR) is 99.9 cm³/mol. The fourth-order valence-electron chi connectivity index (χ4n) is 6.20. The van der Waals surface area contributed by atoms with Crippen LogP contribution >= 0.6 is 0 Å². The summed E-state index contributed by atoms with van der Waals surface area (Å²) in [4.78, 5) is 2.63. The standard InChI is InChI=1S/C21H30N2O3/c1-2-15-14-23-9-8-20-17-5-3-4-6-18(17)22-21(20,26-12-11-25-20)19(23)13-16(15)7-10-24/h3-6,15-16,19,22,24H,2,7-14H2,1H3/t15-,16-,19-,20+,21+/m0/s1. The number of hydrogen-bond acceptors (Lipinski definition) is 5. The lowest BCUT2D eigenvalue weighted by molar-refractivity contribution is -0.298. The van der Waals surface area contributed by atoms with E-state index in [0.717, 1.165) is 38.0 Å². The van der Waals surface area contributed by atoms with Gasteiger partial charge in [-0.2, -0.15) is 0 Å². The molecule has 5 atom stereocenters. The minimum absolute atomic E-state index is 0.275. The minimum atomic E-state index is -0.500. The van der Waals surface area contributed by atoms with Crippen molar-refractivity contribution in [2.45, 2.75) is 50.0 Å². The van der Waals surface area contributed by atoms with E-state index in [2.05, 4.69) is 41.4 Å². The lowest BCUT2D eigenvalue weighted by Gasteiger charge is -2.61. The summed E-state index contributed by atoms with van der Waals surface area (Å²) >= 11 is 0. The molecule has 5 nitrogen and oxygen atoms in total. The Morgan fingerprint density at radius 2 is 2.08 bits per heavy atom. The van der Waals surface area contributed by atoms with E-state index >= 15 is 0 Å². The van der Waals surface area contributed by atoms with Gasteiger partial charge in [0.2, 0.25) is 0 Å². The van der Waals surface area contributed by atoms with Crippen molar-refractivity contribution in [1.82, 2.24) is 4.90 Å². The topological polar surface area (TPSA) is 54.0 Å². The number of hydrogen-bond donors (Lipinski definition) is 2. The molecule has 0 saturated carbocycles. The van der Waals surface area contributed by atoms with Gasteiger partial charge in [0.05, 0.1) is 19.3 Å². The van der Waals surface area contributed by atoms with Crippen molar-refractivity contribution in [3.05, 3.63) is 29.8 Å². The van der Waals surface area contributed by atoms with Crippen LogP contribution in [0.5, 0.6) is 0 Å². The highest BCUT2D eigenvalue weighted by atomic mass is 16.6. The second kappa shape index (κ2) is 6.20. The van der Waals surface area contributed by atoms with Crippen LogP contribution < -0.4 is 5.32 Å². The van der Waals surface area contributed by atoms with Crippen molar-refractivity contribution < 1.29 is 14.6 Å². The minimum Gasteiger partial charge on any atom is -0.396 e. The molecule has 26 heavy (non-hydrogen) atoms. The molecule has 4 aliphatic rings. The summed E-state index contributed by atoms with van der Waals surface area (Å²) in [5, 5.41) is 13.4. The van der Waals surface area contributed by atoms with Crippen LogP contribution in [0.4, 0.5) is 5.69 Å².